The van der Waals surface area contributed by atoms with Crippen molar-refractivity contribution < 1.29 is 9.47 Å². The van der Waals surface area contributed by atoms with E-state index in [1.807, 2.05) is 18.2 Å². The summed E-state index contributed by atoms with van der Waals surface area (Å²) in [6, 6.07) is 5.89. The molecule has 2 N–H and O–H groups in total. The summed E-state index contributed by atoms with van der Waals surface area (Å²) >= 11 is 0. The summed E-state index contributed by atoms with van der Waals surface area (Å²) in [5, 5.41) is 8.65. The summed E-state index contributed by atoms with van der Waals surface area (Å²) < 4.78 is 12.9. The summed E-state index contributed by atoms with van der Waals surface area (Å²) in [6.45, 7) is 1.93. The number of hydrogen-bond donors (Lipinski definition) is 1. The molecule has 0 saturated heterocycles. The van der Waals surface area contributed by atoms with Crippen molar-refractivity contribution in [1.29, 1.82) is 0 Å². The lowest BCUT2D eigenvalue weighted by molar-refractivity contribution is 0.174. The lowest BCUT2D eigenvalue weighted by Crippen LogP contribution is -2.25. The third-order valence-electron chi connectivity index (χ3n) is 4.02. The van der Waals surface area contributed by atoms with E-state index in [2.05, 4.69) is 14.8 Å². The molecule has 6 nitrogen and oxygen atoms in total. The van der Waals surface area contributed by atoms with Crippen molar-refractivity contribution in [3.8, 4) is 22.9 Å². The largest absolute Gasteiger partial charge is 0.454 e. The minimum absolute atomic E-state index is 0.287. The van der Waals surface area contributed by atoms with E-state index in [1.165, 1.54) is 0 Å². The standard InChI is InChI=1S/C14H16N4O2/c15-7-9-3-4-18-13(5-9)16-17-14(18)10-1-2-11-12(6-10)20-8-19-11/h1-2,6,9H,3-5,7-8,15H2. The molecule has 0 spiro atoms. The van der Waals surface area contributed by atoms with Crippen LogP contribution in [0.15, 0.2) is 18.2 Å². The first-order chi connectivity index (χ1) is 9.85. The number of ether oxygens (including phenoxy) is 2. The van der Waals surface area contributed by atoms with E-state index in [4.69, 9.17) is 15.2 Å². The molecule has 2 aliphatic rings. The highest BCUT2D eigenvalue weighted by Crippen LogP contribution is 2.36. The first-order valence-electron chi connectivity index (χ1n) is 6.87. The normalized spacial score (nSPS) is 19.9. The molecule has 0 bridgehead atoms. The third kappa shape index (κ3) is 1.76. The lowest BCUT2D eigenvalue weighted by Gasteiger charge is -2.22. The molecule has 1 aromatic heterocycles. The molecular formula is C14H16N4O2. The Morgan fingerprint density at radius 3 is 3.05 bits per heavy atom. The van der Waals surface area contributed by atoms with Gasteiger partial charge in [0.2, 0.25) is 6.79 Å². The predicted octanol–water partition coefficient (Wildman–Crippen LogP) is 1.19. The van der Waals surface area contributed by atoms with Gasteiger partial charge in [0.25, 0.3) is 0 Å². The lowest BCUT2D eigenvalue weighted by atomic mass is 9.98. The van der Waals surface area contributed by atoms with Gasteiger partial charge in [-0.3, -0.25) is 0 Å². The number of rotatable bonds is 2. The monoisotopic (exact) mass is 272 g/mol. The van der Waals surface area contributed by atoms with Gasteiger partial charge in [0.15, 0.2) is 17.3 Å². The van der Waals surface area contributed by atoms with Crippen molar-refractivity contribution >= 4 is 0 Å². The molecule has 1 aromatic carbocycles. The van der Waals surface area contributed by atoms with E-state index in [0.29, 0.717) is 12.5 Å². The Balaban J connectivity index is 1.72. The van der Waals surface area contributed by atoms with E-state index in [0.717, 1.165) is 48.1 Å². The summed E-state index contributed by atoms with van der Waals surface area (Å²) in [7, 11) is 0. The molecule has 20 heavy (non-hydrogen) atoms. The van der Waals surface area contributed by atoms with Crippen molar-refractivity contribution in [3.63, 3.8) is 0 Å². The van der Waals surface area contributed by atoms with Gasteiger partial charge in [-0.1, -0.05) is 0 Å². The fourth-order valence-electron chi connectivity index (χ4n) is 2.84. The molecule has 104 valence electrons. The van der Waals surface area contributed by atoms with Crippen LogP contribution in [0.4, 0.5) is 0 Å². The average molecular weight is 272 g/mol. The van der Waals surface area contributed by atoms with Gasteiger partial charge in [-0.05, 0) is 37.1 Å². The van der Waals surface area contributed by atoms with Crippen LogP contribution in [-0.4, -0.2) is 28.1 Å². The van der Waals surface area contributed by atoms with Gasteiger partial charge < -0.3 is 19.8 Å². The summed E-state index contributed by atoms with van der Waals surface area (Å²) in [5.41, 5.74) is 6.77. The summed E-state index contributed by atoms with van der Waals surface area (Å²) in [6.07, 6.45) is 1.99. The highest BCUT2D eigenvalue weighted by atomic mass is 16.7. The minimum Gasteiger partial charge on any atom is -0.454 e. The summed E-state index contributed by atoms with van der Waals surface area (Å²) in [5.74, 6) is 4.01. The number of benzene rings is 1. The van der Waals surface area contributed by atoms with Crippen molar-refractivity contribution in [2.75, 3.05) is 13.3 Å². The Morgan fingerprint density at radius 1 is 1.25 bits per heavy atom. The van der Waals surface area contributed by atoms with Crippen molar-refractivity contribution in [2.24, 2.45) is 11.7 Å². The van der Waals surface area contributed by atoms with Crippen LogP contribution in [0.25, 0.3) is 11.4 Å². The van der Waals surface area contributed by atoms with Crippen LogP contribution in [0.1, 0.15) is 12.2 Å². The molecule has 3 heterocycles. The minimum atomic E-state index is 0.287. The van der Waals surface area contributed by atoms with Crippen LogP contribution in [-0.2, 0) is 13.0 Å². The third-order valence-corrected chi connectivity index (χ3v) is 4.02. The second-order valence-electron chi connectivity index (χ2n) is 5.25. The maximum Gasteiger partial charge on any atom is 0.231 e. The highest BCUT2D eigenvalue weighted by molar-refractivity contribution is 5.62. The molecule has 0 aliphatic carbocycles. The fourth-order valence-corrected chi connectivity index (χ4v) is 2.84. The average Bonchev–Trinajstić information content (AvgIpc) is 3.11. The molecule has 0 fully saturated rings. The second kappa shape index (κ2) is 4.49. The van der Waals surface area contributed by atoms with Crippen LogP contribution in [0, 0.1) is 5.92 Å². The quantitative estimate of drug-likeness (QED) is 0.889. The zero-order valence-corrected chi connectivity index (χ0v) is 11.1. The summed E-state index contributed by atoms with van der Waals surface area (Å²) in [4.78, 5) is 0. The topological polar surface area (TPSA) is 75.2 Å². The van der Waals surface area contributed by atoms with E-state index in [-0.39, 0.29) is 6.79 Å². The Hall–Kier alpha value is -2.08. The van der Waals surface area contributed by atoms with Crippen LogP contribution in [0.5, 0.6) is 11.5 Å². The van der Waals surface area contributed by atoms with Gasteiger partial charge in [0.05, 0.1) is 0 Å². The molecule has 0 radical (unpaired) electrons. The van der Waals surface area contributed by atoms with E-state index < -0.39 is 0 Å². The predicted molar refractivity (Wildman–Crippen MR) is 72.4 cm³/mol. The van der Waals surface area contributed by atoms with Gasteiger partial charge in [-0.15, -0.1) is 10.2 Å². The Kier molecular flexibility index (Phi) is 2.63. The molecule has 6 heteroatoms. The molecule has 4 rings (SSSR count). The molecule has 1 unspecified atom stereocenters. The number of fused-ring (bicyclic) bond motifs is 2. The van der Waals surface area contributed by atoms with Crippen molar-refractivity contribution in [1.82, 2.24) is 14.8 Å². The van der Waals surface area contributed by atoms with E-state index in [9.17, 15) is 0 Å². The molecule has 1 atom stereocenters. The number of nitrogens with zero attached hydrogens (tertiary/aromatic N) is 3. The van der Waals surface area contributed by atoms with Crippen molar-refractivity contribution in [3.05, 3.63) is 24.0 Å². The maximum atomic E-state index is 5.75. The number of nitrogens with two attached hydrogens (primary N) is 1. The van der Waals surface area contributed by atoms with Gasteiger partial charge in [0, 0.05) is 18.5 Å². The SMILES string of the molecule is NCC1CCn2c(nnc2-c2ccc3c(c2)OCO3)C1. The number of hydrogen-bond acceptors (Lipinski definition) is 5. The van der Waals surface area contributed by atoms with Gasteiger partial charge in [-0.2, -0.15) is 0 Å². The first-order valence-corrected chi connectivity index (χ1v) is 6.87. The van der Waals surface area contributed by atoms with Crippen LogP contribution in [0.2, 0.25) is 0 Å². The Morgan fingerprint density at radius 2 is 2.15 bits per heavy atom. The Bertz CT molecular complexity index is 653. The van der Waals surface area contributed by atoms with Crippen LogP contribution >= 0.6 is 0 Å². The highest BCUT2D eigenvalue weighted by Gasteiger charge is 2.23. The van der Waals surface area contributed by atoms with Crippen molar-refractivity contribution in [2.45, 2.75) is 19.4 Å². The first kappa shape index (κ1) is 11.7. The Labute approximate surface area is 116 Å². The van der Waals surface area contributed by atoms with E-state index >= 15 is 0 Å². The molecule has 0 saturated carbocycles. The molecular weight excluding hydrogens is 256 g/mol. The van der Waals surface area contributed by atoms with Crippen LogP contribution < -0.4 is 15.2 Å². The second-order valence-corrected chi connectivity index (χ2v) is 5.25. The van der Waals surface area contributed by atoms with Gasteiger partial charge >= 0.3 is 0 Å². The van der Waals surface area contributed by atoms with Gasteiger partial charge in [0.1, 0.15) is 5.82 Å². The zero-order chi connectivity index (χ0) is 13.5. The smallest absolute Gasteiger partial charge is 0.231 e. The maximum absolute atomic E-state index is 5.75. The zero-order valence-electron chi connectivity index (χ0n) is 11.1. The van der Waals surface area contributed by atoms with Crippen LogP contribution in [0.3, 0.4) is 0 Å². The fraction of sp³-hybridized carbons (Fsp3) is 0.429. The molecule has 0 amide bonds. The van der Waals surface area contributed by atoms with Gasteiger partial charge in [-0.25, -0.2) is 0 Å². The number of aromatic nitrogens is 3. The molecule has 2 aliphatic heterocycles. The van der Waals surface area contributed by atoms with E-state index in [1.54, 1.807) is 0 Å². The molecule has 2 aromatic rings.